The van der Waals surface area contributed by atoms with E-state index in [1.54, 1.807) is 12.1 Å². The first-order chi connectivity index (χ1) is 8.40. The van der Waals surface area contributed by atoms with Crippen molar-refractivity contribution in [3.63, 3.8) is 0 Å². The Morgan fingerprint density at radius 2 is 2.00 bits per heavy atom. The summed E-state index contributed by atoms with van der Waals surface area (Å²) < 4.78 is 0. The number of aryl methyl sites for hydroxylation is 1. The van der Waals surface area contributed by atoms with Crippen LogP contribution in [0.2, 0.25) is 0 Å². The Bertz CT molecular complexity index is 453. The highest BCUT2D eigenvalue weighted by Gasteiger charge is 2.10. The van der Waals surface area contributed by atoms with Crippen LogP contribution in [0.3, 0.4) is 0 Å². The van der Waals surface area contributed by atoms with Gasteiger partial charge in [0.15, 0.2) is 0 Å². The molecule has 0 radical (unpaired) electrons. The minimum absolute atomic E-state index is 0.128. The van der Waals surface area contributed by atoms with Crippen LogP contribution < -0.4 is 11.1 Å². The Hall–Kier alpha value is -1.84. The Balaban J connectivity index is 2.99. The van der Waals surface area contributed by atoms with Crippen molar-refractivity contribution in [1.82, 2.24) is 0 Å². The molecule has 1 aromatic rings. The number of carbonyl (C=O) groups is 2. The van der Waals surface area contributed by atoms with Crippen molar-refractivity contribution in [1.29, 1.82) is 0 Å². The molecule has 2 amide bonds. The van der Waals surface area contributed by atoms with Gasteiger partial charge in [0.2, 0.25) is 11.8 Å². The highest BCUT2D eigenvalue weighted by molar-refractivity contribution is 5.96. The lowest BCUT2D eigenvalue weighted by atomic mass is 9.97. The van der Waals surface area contributed by atoms with E-state index in [0.717, 1.165) is 18.4 Å². The summed E-state index contributed by atoms with van der Waals surface area (Å²) in [5.41, 5.74) is 7.47. The minimum Gasteiger partial charge on any atom is -0.366 e. The van der Waals surface area contributed by atoms with Crippen LogP contribution in [0.1, 0.15) is 43.1 Å². The van der Waals surface area contributed by atoms with E-state index in [1.807, 2.05) is 6.07 Å². The summed E-state index contributed by atoms with van der Waals surface area (Å²) in [4.78, 5) is 22.3. The number of rotatable bonds is 5. The molecule has 3 N–H and O–H groups in total. The predicted octanol–water partition coefficient (Wildman–Crippen LogP) is 2.33. The molecule has 1 aromatic carbocycles. The third kappa shape index (κ3) is 4.20. The van der Waals surface area contributed by atoms with E-state index in [1.165, 1.54) is 6.92 Å². The van der Waals surface area contributed by atoms with Gasteiger partial charge in [-0.05, 0) is 42.5 Å². The van der Waals surface area contributed by atoms with Gasteiger partial charge in [-0.25, -0.2) is 0 Å². The number of nitrogens with one attached hydrogen (secondary N) is 1. The molecule has 0 aliphatic heterocycles. The van der Waals surface area contributed by atoms with Gasteiger partial charge in [-0.2, -0.15) is 0 Å². The molecule has 0 unspecified atom stereocenters. The van der Waals surface area contributed by atoms with Crippen molar-refractivity contribution < 1.29 is 9.59 Å². The van der Waals surface area contributed by atoms with Crippen LogP contribution >= 0.6 is 0 Å². The lowest BCUT2D eigenvalue weighted by molar-refractivity contribution is -0.114. The molecule has 18 heavy (non-hydrogen) atoms. The summed E-state index contributed by atoms with van der Waals surface area (Å²) in [5, 5.41) is 2.71. The normalized spacial score (nSPS) is 10.4. The summed E-state index contributed by atoms with van der Waals surface area (Å²) >= 11 is 0. The third-order valence-electron chi connectivity index (χ3n) is 2.68. The highest BCUT2D eigenvalue weighted by Crippen LogP contribution is 2.19. The van der Waals surface area contributed by atoms with Crippen LogP contribution in [0.5, 0.6) is 0 Å². The Morgan fingerprint density at radius 3 is 2.50 bits per heavy atom. The van der Waals surface area contributed by atoms with E-state index in [0.29, 0.717) is 17.2 Å². The monoisotopic (exact) mass is 248 g/mol. The molecule has 4 nitrogen and oxygen atoms in total. The maximum atomic E-state index is 11.3. The molecule has 0 atom stereocenters. The van der Waals surface area contributed by atoms with Gasteiger partial charge in [0, 0.05) is 18.2 Å². The number of benzene rings is 1. The van der Waals surface area contributed by atoms with Gasteiger partial charge in [0.05, 0.1) is 0 Å². The fourth-order valence-corrected chi connectivity index (χ4v) is 1.77. The quantitative estimate of drug-likeness (QED) is 0.839. The minimum atomic E-state index is -0.428. The Labute approximate surface area is 108 Å². The van der Waals surface area contributed by atoms with Gasteiger partial charge >= 0.3 is 0 Å². The molecular weight excluding hydrogens is 228 g/mol. The summed E-state index contributed by atoms with van der Waals surface area (Å²) in [6.45, 7) is 5.71. The molecule has 0 spiro atoms. The molecule has 0 aliphatic carbocycles. The number of primary amides is 1. The second-order valence-electron chi connectivity index (χ2n) is 4.85. The largest absolute Gasteiger partial charge is 0.366 e. The second kappa shape index (κ2) is 6.19. The molecule has 0 fully saturated rings. The van der Waals surface area contributed by atoms with Gasteiger partial charge in [-0.15, -0.1) is 0 Å². The molecule has 0 bridgehead atoms. The first kappa shape index (κ1) is 14.2. The number of hydrogen-bond acceptors (Lipinski definition) is 2. The summed E-state index contributed by atoms with van der Waals surface area (Å²) in [7, 11) is 0. The van der Waals surface area contributed by atoms with Gasteiger partial charge in [-0.3, -0.25) is 9.59 Å². The van der Waals surface area contributed by atoms with Crippen LogP contribution in [0.25, 0.3) is 0 Å². The highest BCUT2D eigenvalue weighted by atomic mass is 16.1. The summed E-state index contributed by atoms with van der Waals surface area (Å²) in [5.74, 6) is -0.00471. The fraction of sp³-hybridized carbons (Fsp3) is 0.429. The first-order valence-corrected chi connectivity index (χ1v) is 6.10. The van der Waals surface area contributed by atoms with Crippen molar-refractivity contribution in [2.24, 2.45) is 11.7 Å². The van der Waals surface area contributed by atoms with Crippen LogP contribution in [-0.2, 0) is 11.2 Å². The van der Waals surface area contributed by atoms with E-state index >= 15 is 0 Å². The first-order valence-electron chi connectivity index (χ1n) is 6.10. The molecule has 0 aliphatic rings. The average Bonchev–Trinajstić information content (AvgIpc) is 2.25. The van der Waals surface area contributed by atoms with E-state index in [9.17, 15) is 9.59 Å². The SMILES string of the molecule is CC(=O)Nc1ccc(C(N)=O)c(CCC(C)C)c1. The number of hydrogen-bond donors (Lipinski definition) is 2. The van der Waals surface area contributed by atoms with Gasteiger partial charge < -0.3 is 11.1 Å². The zero-order chi connectivity index (χ0) is 13.7. The van der Waals surface area contributed by atoms with Crippen molar-refractivity contribution in [3.8, 4) is 0 Å². The molecule has 0 heterocycles. The fourth-order valence-electron chi connectivity index (χ4n) is 1.77. The molecule has 1 rings (SSSR count). The molecule has 0 aromatic heterocycles. The Kier molecular flexibility index (Phi) is 4.89. The van der Waals surface area contributed by atoms with Crippen molar-refractivity contribution in [2.75, 3.05) is 5.32 Å². The maximum Gasteiger partial charge on any atom is 0.248 e. The van der Waals surface area contributed by atoms with Crippen LogP contribution in [-0.4, -0.2) is 11.8 Å². The summed E-state index contributed by atoms with van der Waals surface area (Å²) in [6, 6.07) is 5.19. The standard InChI is InChI=1S/C14H20N2O2/c1-9(2)4-5-11-8-12(16-10(3)17)6-7-13(11)14(15)18/h6-9H,4-5H2,1-3H3,(H2,15,18)(H,16,17). The van der Waals surface area contributed by atoms with Gasteiger partial charge in [0.1, 0.15) is 0 Å². The third-order valence-corrected chi connectivity index (χ3v) is 2.68. The van der Waals surface area contributed by atoms with Gasteiger partial charge in [0.25, 0.3) is 0 Å². The zero-order valence-electron chi connectivity index (χ0n) is 11.1. The summed E-state index contributed by atoms with van der Waals surface area (Å²) in [6.07, 6.45) is 1.76. The smallest absolute Gasteiger partial charge is 0.248 e. The number of carbonyl (C=O) groups excluding carboxylic acids is 2. The number of anilines is 1. The van der Waals surface area contributed by atoms with Crippen molar-refractivity contribution in [2.45, 2.75) is 33.6 Å². The molecule has 0 saturated heterocycles. The van der Waals surface area contributed by atoms with Crippen molar-refractivity contribution >= 4 is 17.5 Å². The maximum absolute atomic E-state index is 11.3. The molecule has 98 valence electrons. The van der Waals surface area contributed by atoms with Crippen LogP contribution in [0.4, 0.5) is 5.69 Å². The second-order valence-corrected chi connectivity index (χ2v) is 4.85. The number of amides is 2. The van der Waals surface area contributed by atoms with E-state index < -0.39 is 5.91 Å². The van der Waals surface area contributed by atoms with Crippen LogP contribution in [0.15, 0.2) is 18.2 Å². The van der Waals surface area contributed by atoms with Crippen molar-refractivity contribution in [3.05, 3.63) is 29.3 Å². The topological polar surface area (TPSA) is 72.2 Å². The molecule has 0 saturated carbocycles. The van der Waals surface area contributed by atoms with Gasteiger partial charge in [-0.1, -0.05) is 13.8 Å². The molecular formula is C14H20N2O2. The van der Waals surface area contributed by atoms with E-state index in [-0.39, 0.29) is 5.91 Å². The Morgan fingerprint density at radius 1 is 1.33 bits per heavy atom. The van der Waals surface area contributed by atoms with E-state index in [4.69, 9.17) is 5.73 Å². The number of nitrogens with two attached hydrogens (primary N) is 1. The predicted molar refractivity (Wildman–Crippen MR) is 72.4 cm³/mol. The lowest BCUT2D eigenvalue weighted by Crippen LogP contribution is -2.15. The van der Waals surface area contributed by atoms with Crippen LogP contribution in [0, 0.1) is 5.92 Å². The molecule has 4 heteroatoms. The van der Waals surface area contributed by atoms with E-state index in [2.05, 4.69) is 19.2 Å². The lowest BCUT2D eigenvalue weighted by Gasteiger charge is -2.11. The zero-order valence-corrected chi connectivity index (χ0v) is 11.1. The average molecular weight is 248 g/mol.